The van der Waals surface area contributed by atoms with Gasteiger partial charge in [-0.05, 0) is 18.9 Å². The van der Waals surface area contributed by atoms with Crippen molar-refractivity contribution in [3.8, 4) is 0 Å². The van der Waals surface area contributed by atoms with Crippen LogP contribution in [0.2, 0.25) is 0 Å². The number of nitrogens with zero attached hydrogens (tertiary/aromatic N) is 3. The summed E-state index contributed by atoms with van der Waals surface area (Å²) in [6, 6.07) is 2.17. The van der Waals surface area contributed by atoms with E-state index in [1.165, 1.54) is 0 Å². The first-order chi connectivity index (χ1) is 8.08. The summed E-state index contributed by atoms with van der Waals surface area (Å²) >= 11 is 0. The van der Waals surface area contributed by atoms with Gasteiger partial charge in [-0.3, -0.25) is 0 Å². The molecular formula is C12H19N5. The summed E-state index contributed by atoms with van der Waals surface area (Å²) in [6.07, 6.45) is 3.60. The van der Waals surface area contributed by atoms with Crippen molar-refractivity contribution >= 4 is 11.3 Å². The molecule has 0 aromatic carbocycles. The Bertz CT molecular complexity index is 501. The van der Waals surface area contributed by atoms with Gasteiger partial charge in [0, 0.05) is 25.0 Å². The average Bonchev–Trinajstić information content (AvgIpc) is 2.70. The zero-order valence-electron chi connectivity index (χ0n) is 10.5. The van der Waals surface area contributed by atoms with Gasteiger partial charge < -0.3 is 11.1 Å². The molecule has 5 heteroatoms. The van der Waals surface area contributed by atoms with Crippen LogP contribution >= 0.6 is 0 Å². The maximum atomic E-state index is 5.73. The first kappa shape index (κ1) is 11.9. The lowest BCUT2D eigenvalue weighted by molar-refractivity contribution is 0.774. The van der Waals surface area contributed by atoms with Crippen molar-refractivity contribution in [3.05, 3.63) is 24.2 Å². The molecule has 1 atom stereocenters. The van der Waals surface area contributed by atoms with Gasteiger partial charge in [-0.1, -0.05) is 13.8 Å². The largest absolute Gasteiger partial charge is 0.367 e. The summed E-state index contributed by atoms with van der Waals surface area (Å²) in [7, 11) is 0. The van der Waals surface area contributed by atoms with E-state index in [2.05, 4.69) is 35.3 Å². The number of hydrogen-bond acceptors (Lipinski definition) is 4. The fourth-order valence-electron chi connectivity index (χ4n) is 1.62. The molecule has 2 aromatic rings. The van der Waals surface area contributed by atoms with E-state index >= 15 is 0 Å². The highest BCUT2D eigenvalue weighted by Gasteiger charge is 2.09. The van der Waals surface area contributed by atoms with Gasteiger partial charge >= 0.3 is 0 Å². The van der Waals surface area contributed by atoms with Gasteiger partial charge in [0.05, 0.1) is 5.69 Å². The Balaban J connectivity index is 2.35. The van der Waals surface area contributed by atoms with Crippen LogP contribution in [0.25, 0.3) is 5.52 Å². The minimum absolute atomic E-state index is 0.101. The summed E-state index contributed by atoms with van der Waals surface area (Å²) in [6.45, 7) is 6.92. The SMILES string of the molecule is CC(N)CNc1nccn2nc(C(C)C)cc12. The standard InChI is InChI=1S/C12H19N5/c1-8(2)10-6-11-12(15-7-9(3)13)14-4-5-17(11)16-10/h4-6,8-9H,7,13H2,1-3H3,(H,14,15). The minimum Gasteiger partial charge on any atom is -0.367 e. The Labute approximate surface area is 101 Å². The number of nitrogens with two attached hydrogens (primary N) is 1. The first-order valence-corrected chi connectivity index (χ1v) is 5.91. The summed E-state index contributed by atoms with van der Waals surface area (Å²) < 4.78 is 1.85. The molecule has 1 unspecified atom stereocenters. The van der Waals surface area contributed by atoms with Gasteiger partial charge in [0.25, 0.3) is 0 Å². The molecule has 2 rings (SSSR count). The van der Waals surface area contributed by atoms with Crippen LogP contribution in [0.15, 0.2) is 18.5 Å². The van der Waals surface area contributed by atoms with Gasteiger partial charge in [-0.25, -0.2) is 9.50 Å². The Kier molecular flexibility index (Phi) is 3.28. The molecule has 0 aliphatic carbocycles. The molecule has 2 aromatic heterocycles. The molecule has 0 saturated carbocycles. The summed E-state index contributed by atoms with van der Waals surface area (Å²) in [5.41, 5.74) is 7.79. The van der Waals surface area contributed by atoms with E-state index < -0.39 is 0 Å². The molecule has 0 spiro atoms. The lowest BCUT2D eigenvalue weighted by Gasteiger charge is -2.08. The molecule has 0 aliphatic rings. The zero-order chi connectivity index (χ0) is 12.4. The van der Waals surface area contributed by atoms with Crippen LogP contribution in [0.3, 0.4) is 0 Å². The van der Waals surface area contributed by atoms with Crippen molar-refractivity contribution in [2.45, 2.75) is 32.7 Å². The summed E-state index contributed by atoms with van der Waals surface area (Å²) in [5, 5.41) is 7.75. The Morgan fingerprint density at radius 2 is 2.18 bits per heavy atom. The molecule has 0 fully saturated rings. The zero-order valence-corrected chi connectivity index (χ0v) is 10.5. The summed E-state index contributed by atoms with van der Waals surface area (Å²) in [5.74, 6) is 1.25. The van der Waals surface area contributed by atoms with Gasteiger partial charge in [-0.15, -0.1) is 0 Å². The van der Waals surface area contributed by atoms with Gasteiger partial charge in [0.15, 0.2) is 5.82 Å². The normalized spacial score (nSPS) is 13.2. The molecule has 92 valence electrons. The lowest BCUT2D eigenvalue weighted by atomic mass is 10.1. The van der Waals surface area contributed by atoms with Crippen LogP contribution < -0.4 is 11.1 Å². The van der Waals surface area contributed by atoms with E-state index in [0.717, 1.165) is 17.0 Å². The number of anilines is 1. The molecule has 3 N–H and O–H groups in total. The molecule has 0 amide bonds. The molecule has 2 heterocycles. The minimum atomic E-state index is 0.101. The smallest absolute Gasteiger partial charge is 0.152 e. The third kappa shape index (κ3) is 2.55. The number of nitrogens with one attached hydrogen (secondary N) is 1. The first-order valence-electron chi connectivity index (χ1n) is 5.91. The van der Waals surface area contributed by atoms with Gasteiger partial charge in [0.1, 0.15) is 5.52 Å². The van der Waals surface area contributed by atoms with E-state index in [-0.39, 0.29) is 6.04 Å². The number of aromatic nitrogens is 3. The second-order valence-corrected chi connectivity index (χ2v) is 4.69. The molecule has 5 nitrogen and oxygen atoms in total. The van der Waals surface area contributed by atoms with Gasteiger partial charge in [0.2, 0.25) is 0 Å². The van der Waals surface area contributed by atoms with Gasteiger partial charge in [-0.2, -0.15) is 5.10 Å². The topological polar surface area (TPSA) is 68.2 Å². The predicted molar refractivity (Wildman–Crippen MR) is 69.2 cm³/mol. The Morgan fingerprint density at radius 1 is 1.41 bits per heavy atom. The number of fused-ring (bicyclic) bond motifs is 1. The van der Waals surface area contributed by atoms with Crippen molar-refractivity contribution in [2.24, 2.45) is 5.73 Å². The van der Waals surface area contributed by atoms with Crippen LogP contribution in [-0.2, 0) is 0 Å². The third-order valence-corrected chi connectivity index (χ3v) is 2.59. The predicted octanol–water partition coefficient (Wildman–Crippen LogP) is 1.61. The van der Waals surface area contributed by atoms with Crippen molar-refractivity contribution in [3.63, 3.8) is 0 Å². The Hall–Kier alpha value is -1.62. The van der Waals surface area contributed by atoms with Crippen LogP contribution in [-0.4, -0.2) is 27.2 Å². The number of hydrogen-bond donors (Lipinski definition) is 2. The van der Waals surface area contributed by atoms with Crippen LogP contribution in [0.4, 0.5) is 5.82 Å². The maximum absolute atomic E-state index is 5.73. The molecule has 17 heavy (non-hydrogen) atoms. The van der Waals surface area contributed by atoms with E-state index in [4.69, 9.17) is 5.73 Å². The summed E-state index contributed by atoms with van der Waals surface area (Å²) in [4.78, 5) is 4.32. The molecule has 0 bridgehead atoms. The van der Waals surface area contributed by atoms with Crippen LogP contribution in [0, 0.1) is 0 Å². The third-order valence-electron chi connectivity index (χ3n) is 2.59. The van der Waals surface area contributed by atoms with Crippen molar-refractivity contribution in [2.75, 3.05) is 11.9 Å². The van der Waals surface area contributed by atoms with E-state index in [0.29, 0.717) is 12.5 Å². The quantitative estimate of drug-likeness (QED) is 0.842. The van der Waals surface area contributed by atoms with Crippen LogP contribution in [0.5, 0.6) is 0 Å². The second kappa shape index (κ2) is 4.71. The Morgan fingerprint density at radius 3 is 2.82 bits per heavy atom. The van der Waals surface area contributed by atoms with Crippen molar-refractivity contribution < 1.29 is 0 Å². The molecule has 0 saturated heterocycles. The highest BCUT2D eigenvalue weighted by Crippen LogP contribution is 2.19. The van der Waals surface area contributed by atoms with E-state index in [1.807, 2.05) is 17.6 Å². The van der Waals surface area contributed by atoms with Crippen LogP contribution in [0.1, 0.15) is 32.4 Å². The molecular weight excluding hydrogens is 214 g/mol. The number of rotatable bonds is 4. The monoisotopic (exact) mass is 233 g/mol. The maximum Gasteiger partial charge on any atom is 0.152 e. The molecule has 0 radical (unpaired) electrons. The van der Waals surface area contributed by atoms with Crippen molar-refractivity contribution in [1.29, 1.82) is 0 Å². The van der Waals surface area contributed by atoms with Crippen molar-refractivity contribution in [1.82, 2.24) is 14.6 Å². The highest BCUT2D eigenvalue weighted by atomic mass is 15.2. The van der Waals surface area contributed by atoms with E-state index in [9.17, 15) is 0 Å². The second-order valence-electron chi connectivity index (χ2n) is 4.69. The lowest BCUT2D eigenvalue weighted by Crippen LogP contribution is -2.25. The van der Waals surface area contributed by atoms with E-state index in [1.54, 1.807) is 6.20 Å². The molecule has 0 aliphatic heterocycles. The fraction of sp³-hybridized carbons (Fsp3) is 0.500. The fourth-order valence-corrected chi connectivity index (χ4v) is 1.62. The average molecular weight is 233 g/mol. The highest BCUT2D eigenvalue weighted by molar-refractivity contribution is 5.67.